The van der Waals surface area contributed by atoms with Gasteiger partial charge in [-0.15, -0.1) is 0 Å². The zero-order valence-electron chi connectivity index (χ0n) is 10.5. The van der Waals surface area contributed by atoms with Crippen LogP contribution < -0.4 is 5.32 Å². The Kier molecular flexibility index (Phi) is 3.74. The number of carbonyl (C=O) groups is 1. The second kappa shape index (κ2) is 5.32. The first-order valence-corrected chi connectivity index (χ1v) is 5.78. The molecule has 0 saturated carbocycles. The molecule has 0 atom stereocenters. The molecule has 0 aliphatic carbocycles. The fraction of sp³-hybridized carbons (Fsp3) is 0.143. The van der Waals surface area contributed by atoms with Crippen molar-refractivity contribution in [3.8, 4) is 0 Å². The van der Waals surface area contributed by atoms with Gasteiger partial charge in [0.2, 0.25) is 0 Å². The lowest BCUT2D eigenvalue weighted by Crippen LogP contribution is -2.17. The maximum absolute atomic E-state index is 12.8. The molecule has 1 aromatic heterocycles. The number of carbonyl (C=O) groups excluding carboxylic acids is 1. The highest BCUT2D eigenvalue weighted by atomic mass is 19.4. The largest absolute Gasteiger partial charge is 0.418 e. The van der Waals surface area contributed by atoms with Gasteiger partial charge in [-0.3, -0.25) is 9.78 Å². The predicted molar refractivity (Wildman–Crippen MR) is 68.4 cm³/mol. The third kappa shape index (κ3) is 2.96. The van der Waals surface area contributed by atoms with E-state index in [2.05, 4.69) is 10.3 Å². The van der Waals surface area contributed by atoms with Crippen LogP contribution in [0.3, 0.4) is 0 Å². The molecule has 2 aromatic rings. The highest BCUT2D eigenvalue weighted by Crippen LogP contribution is 2.34. The molecule has 0 saturated heterocycles. The number of halogens is 3. The van der Waals surface area contributed by atoms with Crippen molar-refractivity contribution >= 4 is 11.6 Å². The number of amides is 1. The van der Waals surface area contributed by atoms with Gasteiger partial charge in [0, 0.05) is 18.0 Å². The summed E-state index contributed by atoms with van der Waals surface area (Å²) in [6.45, 7) is 1.66. The van der Waals surface area contributed by atoms with Crippen molar-refractivity contribution in [1.82, 2.24) is 4.98 Å². The van der Waals surface area contributed by atoms with Crippen molar-refractivity contribution in [2.75, 3.05) is 5.32 Å². The van der Waals surface area contributed by atoms with Crippen LogP contribution in [-0.4, -0.2) is 10.9 Å². The maximum Gasteiger partial charge on any atom is 0.418 e. The number of pyridine rings is 1. The molecule has 1 heterocycles. The molecular formula is C14H11F3N2O. The van der Waals surface area contributed by atoms with Crippen LogP contribution in [0.4, 0.5) is 18.9 Å². The number of nitrogens with one attached hydrogen (secondary N) is 1. The van der Waals surface area contributed by atoms with Gasteiger partial charge in [-0.2, -0.15) is 13.2 Å². The molecule has 1 aromatic carbocycles. The molecule has 104 valence electrons. The number of aryl methyl sites for hydroxylation is 1. The fourth-order valence-corrected chi connectivity index (χ4v) is 1.76. The first-order valence-electron chi connectivity index (χ1n) is 5.78. The Morgan fingerprint density at radius 1 is 1.20 bits per heavy atom. The van der Waals surface area contributed by atoms with Crippen LogP contribution in [0, 0.1) is 6.92 Å². The van der Waals surface area contributed by atoms with Crippen molar-refractivity contribution in [3.05, 3.63) is 59.4 Å². The number of anilines is 1. The first kappa shape index (κ1) is 14.0. The molecule has 3 nitrogen and oxygen atoms in total. The maximum atomic E-state index is 12.8. The van der Waals surface area contributed by atoms with Crippen LogP contribution in [0.15, 0.2) is 42.7 Å². The number of aromatic nitrogens is 1. The quantitative estimate of drug-likeness (QED) is 0.912. The Morgan fingerprint density at radius 3 is 2.55 bits per heavy atom. The molecule has 0 fully saturated rings. The molecule has 20 heavy (non-hydrogen) atoms. The highest BCUT2D eigenvalue weighted by molar-refractivity contribution is 6.05. The number of hydrogen-bond donors (Lipinski definition) is 1. The van der Waals surface area contributed by atoms with Gasteiger partial charge in [-0.25, -0.2) is 0 Å². The second-order valence-electron chi connectivity index (χ2n) is 4.19. The summed E-state index contributed by atoms with van der Waals surface area (Å²) in [5, 5.41) is 2.29. The van der Waals surface area contributed by atoms with Crippen LogP contribution in [-0.2, 0) is 6.18 Å². The van der Waals surface area contributed by atoms with Gasteiger partial charge < -0.3 is 5.32 Å². The summed E-state index contributed by atoms with van der Waals surface area (Å²) in [6.07, 6.45) is -1.63. The topological polar surface area (TPSA) is 42.0 Å². The molecule has 1 N–H and O–H groups in total. The van der Waals surface area contributed by atoms with Crippen LogP contribution in [0.1, 0.15) is 21.5 Å². The van der Waals surface area contributed by atoms with E-state index < -0.39 is 17.6 Å². The van der Waals surface area contributed by atoms with Crippen molar-refractivity contribution in [2.45, 2.75) is 13.1 Å². The monoisotopic (exact) mass is 280 g/mol. The number of nitrogens with zero attached hydrogens (tertiary/aromatic N) is 1. The van der Waals surface area contributed by atoms with E-state index >= 15 is 0 Å². The van der Waals surface area contributed by atoms with E-state index in [4.69, 9.17) is 0 Å². The average molecular weight is 280 g/mol. The summed E-state index contributed by atoms with van der Waals surface area (Å²) < 4.78 is 38.5. The molecule has 2 rings (SSSR count). The zero-order chi connectivity index (χ0) is 14.8. The van der Waals surface area contributed by atoms with Crippen molar-refractivity contribution < 1.29 is 18.0 Å². The van der Waals surface area contributed by atoms with E-state index in [0.29, 0.717) is 5.56 Å². The highest BCUT2D eigenvalue weighted by Gasteiger charge is 2.33. The minimum atomic E-state index is -4.52. The summed E-state index contributed by atoms with van der Waals surface area (Å²) in [4.78, 5) is 15.8. The number of para-hydroxylation sites is 1. The molecule has 0 radical (unpaired) electrons. The lowest BCUT2D eigenvalue weighted by atomic mass is 10.1. The summed E-state index contributed by atoms with van der Waals surface area (Å²) >= 11 is 0. The zero-order valence-corrected chi connectivity index (χ0v) is 10.5. The standard InChI is InChI=1S/C14H11F3N2O/c1-9-8-18-7-6-10(9)13(20)19-12-5-3-2-4-11(12)14(15,16)17/h2-8H,1H3,(H,19,20). The Hall–Kier alpha value is -2.37. The normalized spacial score (nSPS) is 11.2. The predicted octanol–water partition coefficient (Wildman–Crippen LogP) is 3.66. The van der Waals surface area contributed by atoms with Crippen LogP contribution in [0.2, 0.25) is 0 Å². The Bertz CT molecular complexity index is 638. The van der Waals surface area contributed by atoms with E-state index in [1.807, 2.05) is 0 Å². The fourth-order valence-electron chi connectivity index (χ4n) is 1.76. The SMILES string of the molecule is Cc1cnccc1C(=O)Nc1ccccc1C(F)(F)F. The van der Waals surface area contributed by atoms with Gasteiger partial charge >= 0.3 is 6.18 Å². The smallest absolute Gasteiger partial charge is 0.321 e. The third-order valence-electron chi connectivity index (χ3n) is 2.75. The van der Waals surface area contributed by atoms with E-state index in [0.717, 1.165) is 6.07 Å². The van der Waals surface area contributed by atoms with Gasteiger partial charge in [-0.1, -0.05) is 12.1 Å². The van der Waals surface area contributed by atoms with Crippen molar-refractivity contribution in [1.29, 1.82) is 0 Å². The van der Waals surface area contributed by atoms with Gasteiger partial charge in [0.25, 0.3) is 5.91 Å². The molecule has 0 spiro atoms. The van der Waals surface area contributed by atoms with Crippen LogP contribution >= 0.6 is 0 Å². The van der Waals surface area contributed by atoms with Crippen molar-refractivity contribution in [3.63, 3.8) is 0 Å². The molecular weight excluding hydrogens is 269 g/mol. The molecule has 0 aliphatic rings. The summed E-state index contributed by atoms with van der Waals surface area (Å²) in [5.41, 5.74) is -0.257. The van der Waals surface area contributed by atoms with Gasteiger partial charge in [0.15, 0.2) is 0 Å². The minimum absolute atomic E-state index is 0.263. The molecule has 0 aliphatic heterocycles. The van der Waals surface area contributed by atoms with E-state index in [9.17, 15) is 18.0 Å². The lowest BCUT2D eigenvalue weighted by Gasteiger charge is -2.14. The number of alkyl halides is 3. The summed E-state index contributed by atoms with van der Waals surface area (Å²) in [6, 6.07) is 6.31. The van der Waals surface area contributed by atoms with Gasteiger partial charge in [0.1, 0.15) is 0 Å². The number of benzene rings is 1. The summed E-state index contributed by atoms with van der Waals surface area (Å²) in [7, 11) is 0. The second-order valence-corrected chi connectivity index (χ2v) is 4.19. The summed E-state index contributed by atoms with van der Waals surface area (Å²) in [5.74, 6) is -0.596. The lowest BCUT2D eigenvalue weighted by molar-refractivity contribution is -0.136. The number of hydrogen-bond acceptors (Lipinski definition) is 2. The van der Waals surface area contributed by atoms with E-state index in [-0.39, 0.29) is 11.3 Å². The minimum Gasteiger partial charge on any atom is -0.321 e. The van der Waals surface area contributed by atoms with Gasteiger partial charge in [0.05, 0.1) is 11.3 Å². The molecule has 6 heteroatoms. The first-order chi connectivity index (χ1) is 9.39. The van der Waals surface area contributed by atoms with Crippen LogP contribution in [0.5, 0.6) is 0 Å². The van der Waals surface area contributed by atoms with E-state index in [1.54, 1.807) is 6.92 Å². The Balaban J connectivity index is 2.32. The van der Waals surface area contributed by atoms with Gasteiger partial charge in [-0.05, 0) is 30.7 Å². The average Bonchev–Trinajstić information content (AvgIpc) is 2.38. The Morgan fingerprint density at radius 2 is 1.90 bits per heavy atom. The van der Waals surface area contributed by atoms with E-state index in [1.165, 1.54) is 36.7 Å². The van der Waals surface area contributed by atoms with Crippen LogP contribution in [0.25, 0.3) is 0 Å². The van der Waals surface area contributed by atoms with Crippen molar-refractivity contribution in [2.24, 2.45) is 0 Å². The molecule has 1 amide bonds. The third-order valence-corrected chi connectivity index (χ3v) is 2.75. The number of rotatable bonds is 2. The Labute approximate surface area is 113 Å². The molecule has 0 bridgehead atoms. The molecule has 0 unspecified atom stereocenters.